The van der Waals surface area contributed by atoms with E-state index in [1.54, 1.807) is 12.5 Å². The van der Waals surface area contributed by atoms with E-state index < -0.39 is 10.4 Å². The van der Waals surface area contributed by atoms with Crippen LogP contribution in [0.2, 0.25) is 0 Å². The molecular formula is C25H38O6S. The summed E-state index contributed by atoms with van der Waals surface area (Å²) in [6.45, 7) is 8.93. The molecule has 1 saturated carbocycles. The first-order valence-electron chi connectivity index (χ1n) is 11.8. The molecule has 0 saturated heterocycles. The van der Waals surface area contributed by atoms with Gasteiger partial charge in [-0.15, -0.1) is 0 Å². The van der Waals surface area contributed by atoms with Gasteiger partial charge < -0.3 is 4.42 Å². The van der Waals surface area contributed by atoms with E-state index in [9.17, 15) is 13.2 Å². The van der Waals surface area contributed by atoms with E-state index in [4.69, 9.17) is 13.2 Å². The van der Waals surface area contributed by atoms with Crippen LogP contribution in [-0.2, 0) is 25.8 Å². The second-order valence-corrected chi connectivity index (χ2v) is 11.9. The van der Waals surface area contributed by atoms with Gasteiger partial charge in [0.15, 0.2) is 5.78 Å². The number of aryl methyl sites for hydroxylation is 1. The maximum atomic E-state index is 12.5. The molecular weight excluding hydrogens is 428 g/mol. The molecule has 1 aromatic rings. The molecule has 1 heterocycles. The molecule has 1 aromatic heterocycles. The van der Waals surface area contributed by atoms with E-state index in [0.29, 0.717) is 18.3 Å². The van der Waals surface area contributed by atoms with E-state index in [0.717, 1.165) is 50.5 Å². The summed E-state index contributed by atoms with van der Waals surface area (Å²) in [5.74, 6) is 1.07. The normalized spacial score (nSPS) is 28.8. The van der Waals surface area contributed by atoms with Crippen LogP contribution < -0.4 is 0 Å². The molecule has 6 nitrogen and oxygen atoms in total. The maximum absolute atomic E-state index is 12.5. The summed E-state index contributed by atoms with van der Waals surface area (Å²) >= 11 is 0. The Hall–Kier alpha value is -1.44. The zero-order valence-electron chi connectivity index (χ0n) is 19.8. The maximum Gasteiger partial charge on any atom is 0.397 e. The van der Waals surface area contributed by atoms with Crippen LogP contribution in [0.3, 0.4) is 0 Å². The Morgan fingerprint density at radius 2 is 2.00 bits per heavy atom. The summed E-state index contributed by atoms with van der Waals surface area (Å²) in [4.78, 5) is 12.5. The predicted octanol–water partition coefficient (Wildman–Crippen LogP) is 5.80. The zero-order chi connectivity index (χ0) is 23.6. The molecule has 0 bridgehead atoms. The lowest BCUT2D eigenvalue weighted by molar-refractivity contribution is -0.118. The number of furan rings is 1. The molecule has 0 radical (unpaired) electrons. The lowest BCUT2D eigenvalue weighted by atomic mass is 9.52. The summed E-state index contributed by atoms with van der Waals surface area (Å²) in [5, 5.41) is 0. The number of allylic oxidation sites excluding steroid dienone is 2. The van der Waals surface area contributed by atoms with Gasteiger partial charge in [0.25, 0.3) is 0 Å². The average molecular weight is 467 g/mol. The summed E-state index contributed by atoms with van der Waals surface area (Å²) in [7, 11) is -4.47. The Balaban J connectivity index is 1.72. The number of hydrogen-bond acceptors (Lipinski definition) is 5. The third kappa shape index (κ3) is 6.12. The fourth-order valence-electron chi connectivity index (χ4n) is 5.86. The summed E-state index contributed by atoms with van der Waals surface area (Å²) in [6, 6.07) is 1.93. The largest absolute Gasteiger partial charge is 0.472 e. The molecule has 2 aliphatic carbocycles. The highest BCUT2D eigenvalue weighted by Gasteiger charge is 2.49. The number of rotatable bonds is 10. The van der Waals surface area contributed by atoms with Crippen molar-refractivity contribution in [3.63, 3.8) is 0 Å². The van der Waals surface area contributed by atoms with E-state index in [1.807, 2.05) is 12.1 Å². The van der Waals surface area contributed by atoms with Crippen LogP contribution in [0.1, 0.15) is 78.2 Å². The molecule has 0 aromatic carbocycles. The zero-order valence-corrected chi connectivity index (χ0v) is 20.6. The van der Waals surface area contributed by atoms with Crippen molar-refractivity contribution < 1.29 is 26.4 Å². The minimum absolute atomic E-state index is 0.00105. The van der Waals surface area contributed by atoms with Gasteiger partial charge in [-0.1, -0.05) is 33.3 Å². The molecule has 2 aliphatic rings. The van der Waals surface area contributed by atoms with Crippen molar-refractivity contribution >= 4 is 16.2 Å². The van der Waals surface area contributed by atoms with Crippen LogP contribution in [0.4, 0.5) is 0 Å². The molecule has 32 heavy (non-hydrogen) atoms. The van der Waals surface area contributed by atoms with Gasteiger partial charge in [-0.05, 0) is 91.2 Å². The Labute approximate surface area is 192 Å². The molecule has 7 heteroatoms. The lowest BCUT2D eigenvalue weighted by Crippen LogP contribution is -2.44. The third-order valence-corrected chi connectivity index (χ3v) is 8.52. The second-order valence-electron chi connectivity index (χ2n) is 10.8. The molecule has 0 unspecified atom stereocenters. The van der Waals surface area contributed by atoms with E-state index in [1.165, 1.54) is 5.57 Å². The van der Waals surface area contributed by atoms with Crippen molar-refractivity contribution in [2.45, 2.75) is 79.1 Å². The van der Waals surface area contributed by atoms with Gasteiger partial charge in [0.2, 0.25) is 0 Å². The summed E-state index contributed by atoms with van der Waals surface area (Å²) in [6.07, 6.45) is 12.3. The monoisotopic (exact) mass is 466 g/mol. The number of fused-ring (bicyclic) bond motifs is 1. The van der Waals surface area contributed by atoms with Gasteiger partial charge in [0, 0.05) is 6.42 Å². The standard InChI is InChI=1S/C25H38O6S/c1-18-8-9-22-23(14-21(26)15-24(22,2)3)25(18,4)12-10-19(17-31-32(27,28)29)6-5-7-20-11-13-30-16-20/h11,13-14,16,18-19,22H,5-10,12,15,17H2,1-4H3,(H,27,28,29)/t18-,19+,22-,25-/m1/s1. The number of carbonyl (C=O) groups is 1. The lowest BCUT2D eigenvalue weighted by Gasteiger charge is -2.53. The Bertz CT molecular complexity index is 914. The van der Waals surface area contributed by atoms with Crippen LogP contribution in [0.15, 0.2) is 34.7 Å². The Morgan fingerprint density at radius 1 is 1.25 bits per heavy atom. The van der Waals surface area contributed by atoms with Gasteiger partial charge in [-0.25, -0.2) is 4.18 Å². The highest BCUT2D eigenvalue weighted by Crippen LogP contribution is 2.57. The predicted molar refractivity (Wildman–Crippen MR) is 123 cm³/mol. The van der Waals surface area contributed by atoms with E-state index in [-0.39, 0.29) is 29.1 Å². The topological polar surface area (TPSA) is 93.8 Å². The van der Waals surface area contributed by atoms with Gasteiger partial charge in [-0.3, -0.25) is 9.35 Å². The Morgan fingerprint density at radius 3 is 2.66 bits per heavy atom. The number of carbonyl (C=O) groups excluding carboxylic acids is 1. The van der Waals surface area contributed by atoms with Crippen LogP contribution in [0.5, 0.6) is 0 Å². The minimum atomic E-state index is -4.47. The van der Waals surface area contributed by atoms with Crippen molar-refractivity contribution in [2.75, 3.05) is 6.61 Å². The van der Waals surface area contributed by atoms with Gasteiger partial charge >= 0.3 is 10.4 Å². The van der Waals surface area contributed by atoms with Crippen molar-refractivity contribution in [1.29, 1.82) is 0 Å². The fraction of sp³-hybridized carbons (Fsp3) is 0.720. The minimum Gasteiger partial charge on any atom is -0.472 e. The number of hydrogen-bond donors (Lipinski definition) is 1. The first-order chi connectivity index (χ1) is 14.9. The average Bonchev–Trinajstić information content (AvgIpc) is 3.19. The Kier molecular flexibility index (Phi) is 7.73. The van der Waals surface area contributed by atoms with E-state index >= 15 is 0 Å². The van der Waals surface area contributed by atoms with Crippen LogP contribution in [0.25, 0.3) is 0 Å². The molecule has 0 aliphatic heterocycles. The third-order valence-electron chi connectivity index (χ3n) is 8.08. The van der Waals surface area contributed by atoms with Crippen molar-refractivity contribution in [3.8, 4) is 0 Å². The molecule has 1 fully saturated rings. The molecule has 1 N–H and O–H groups in total. The van der Waals surface area contributed by atoms with Gasteiger partial charge in [0.05, 0.1) is 19.1 Å². The highest BCUT2D eigenvalue weighted by atomic mass is 32.3. The molecule has 4 atom stereocenters. The van der Waals surface area contributed by atoms with Crippen molar-refractivity contribution in [1.82, 2.24) is 0 Å². The SMILES string of the molecule is C[C@@H]1CC[C@@H]2C(=CC(=O)CC2(C)C)[C@]1(C)CC[C@H](CCCc1ccoc1)COS(=O)(=O)O. The molecule has 180 valence electrons. The van der Waals surface area contributed by atoms with Gasteiger partial charge in [-0.2, -0.15) is 8.42 Å². The quantitative estimate of drug-likeness (QED) is 0.438. The fourth-order valence-corrected chi connectivity index (χ4v) is 6.23. The first kappa shape index (κ1) is 25.2. The number of ketones is 1. The highest BCUT2D eigenvalue weighted by molar-refractivity contribution is 7.80. The summed E-state index contributed by atoms with van der Waals surface area (Å²) in [5.41, 5.74) is 2.27. The smallest absolute Gasteiger partial charge is 0.397 e. The van der Waals surface area contributed by atoms with Gasteiger partial charge in [0.1, 0.15) is 0 Å². The molecule has 0 spiro atoms. The molecule has 3 rings (SSSR count). The second kappa shape index (κ2) is 9.82. The van der Waals surface area contributed by atoms with Crippen molar-refractivity contribution in [3.05, 3.63) is 35.8 Å². The molecule has 0 amide bonds. The summed E-state index contributed by atoms with van der Waals surface area (Å²) < 4.78 is 41.4. The first-order valence-corrected chi connectivity index (χ1v) is 13.1. The van der Waals surface area contributed by atoms with Crippen LogP contribution in [-0.4, -0.2) is 25.4 Å². The van der Waals surface area contributed by atoms with Crippen LogP contribution >= 0.6 is 0 Å². The van der Waals surface area contributed by atoms with E-state index in [2.05, 4.69) is 27.7 Å². The van der Waals surface area contributed by atoms with Crippen LogP contribution in [0, 0.1) is 28.6 Å². The van der Waals surface area contributed by atoms with Crippen molar-refractivity contribution in [2.24, 2.45) is 28.6 Å².